The Morgan fingerprint density at radius 1 is 1.67 bits per heavy atom. The number of H-pyrrole nitrogens is 1. The van der Waals surface area contributed by atoms with Crippen LogP contribution >= 0.6 is 0 Å². The summed E-state index contributed by atoms with van der Waals surface area (Å²) in [5.41, 5.74) is 1.22. The van der Waals surface area contributed by atoms with Gasteiger partial charge in [-0.15, -0.1) is 0 Å². The minimum Gasteiger partial charge on any atom is -0.303 e. The maximum atomic E-state index is 11.2. The van der Waals surface area contributed by atoms with Crippen molar-refractivity contribution in [3.63, 3.8) is 0 Å². The highest BCUT2D eigenvalue weighted by Gasteiger charge is 2.03. The van der Waals surface area contributed by atoms with E-state index in [1.165, 1.54) is 6.33 Å². The van der Waals surface area contributed by atoms with E-state index in [2.05, 4.69) is 15.0 Å². The third kappa shape index (κ3) is 0.827. The number of aromatic nitrogens is 4. The molecule has 12 heavy (non-hydrogen) atoms. The zero-order valence-corrected chi connectivity index (χ0v) is 6.61. The van der Waals surface area contributed by atoms with Crippen molar-refractivity contribution in [2.45, 2.75) is 13.5 Å². The lowest BCUT2D eigenvalue weighted by Crippen LogP contribution is -2.15. The third-order valence-corrected chi connectivity index (χ3v) is 1.75. The van der Waals surface area contributed by atoms with E-state index in [0.29, 0.717) is 17.7 Å². The number of nitrogens with zero attached hydrogens (tertiary/aromatic N) is 3. The highest BCUT2D eigenvalue weighted by molar-refractivity contribution is 5.68. The van der Waals surface area contributed by atoms with Gasteiger partial charge in [0, 0.05) is 6.54 Å². The van der Waals surface area contributed by atoms with E-state index in [9.17, 15) is 4.79 Å². The van der Waals surface area contributed by atoms with E-state index in [0.717, 1.165) is 0 Å². The average Bonchev–Trinajstić information content (AvgIpc) is 2.40. The molecule has 2 aromatic heterocycles. The van der Waals surface area contributed by atoms with E-state index in [1.54, 1.807) is 10.8 Å². The molecular formula is C7H8N4O. The molecule has 1 N–H and O–H groups in total. The number of aryl methyl sites for hydroxylation is 1. The lowest BCUT2D eigenvalue weighted by Gasteiger charge is -1.93. The second kappa shape index (κ2) is 2.44. The van der Waals surface area contributed by atoms with Crippen molar-refractivity contribution < 1.29 is 0 Å². The lowest BCUT2D eigenvalue weighted by molar-refractivity contribution is 0.745. The number of hydrogen-bond acceptors (Lipinski definition) is 3. The van der Waals surface area contributed by atoms with Crippen molar-refractivity contribution in [3.8, 4) is 0 Å². The van der Waals surface area contributed by atoms with Gasteiger partial charge < -0.3 is 4.98 Å². The quantitative estimate of drug-likeness (QED) is 0.652. The molecule has 0 bridgehead atoms. The Morgan fingerprint density at radius 2 is 2.50 bits per heavy atom. The Kier molecular flexibility index (Phi) is 1.43. The molecule has 0 unspecified atom stereocenters. The van der Waals surface area contributed by atoms with E-state index in [1.807, 2.05) is 6.92 Å². The zero-order valence-electron chi connectivity index (χ0n) is 6.61. The molecule has 2 aromatic rings. The smallest absolute Gasteiger partial charge is 0.303 e. The van der Waals surface area contributed by atoms with Gasteiger partial charge in [0.1, 0.15) is 11.8 Å². The molecule has 2 heterocycles. The molecule has 0 aromatic carbocycles. The molecule has 0 amide bonds. The topological polar surface area (TPSA) is 63.6 Å². The normalized spacial score (nSPS) is 10.8. The number of rotatable bonds is 1. The van der Waals surface area contributed by atoms with E-state index < -0.39 is 0 Å². The van der Waals surface area contributed by atoms with Gasteiger partial charge in [-0.25, -0.2) is 14.8 Å². The maximum Gasteiger partial charge on any atom is 0.327 e. The first-order valence-electron chi connectivity index (χ1n) is 3.71. The van der Waals surface area contributed by atoms with Gasteiger partial charge in [-0.2, -0.15) is 0 Å². The summed E-state index contributed by atoms with van der Waals surface area (Å²) in [4.78, 5) is 21.7. The second-order valence-corrected chi connectivity index (χ2v) is 2.43. The van der Waals surface area contributed by atoms with Gasteiger partial charge >= 0.3 is 5.69 Å². The molecule has 0 atom stereocenters. The number of nitrogens with one attached hydrogen (secondary N) is 1. The summed E-state index contributed by atoms with van der Waals surface area (Å²) in [7, 11) is 0. The van der Waals surface area contributed by atoms with Crippen LogP contribution in [-0.4, -0.2) is 19.5 Å². The molecule has 5 nitrogen and oxygen atoms in total. The summed E-state index contributed by atoms with van der Waals surface area (Å²) in [5, 5.41) is 0. The predicted octanol–water partition coefficient (Wildman–Crippen LogP) is 0.139. The first kappa shape index (κ1) is 7.02. The first-order chi connectivity index (χ1) is 5.83. The predicted molar refractivity (Wildman–Crippen MR) is 43.8 cm³/mol. The number of fused-ring (bicyclic) bond motifs is 1. The zero-order chi connectivity index (χ0) is 8.55. The number of aromatic amines is 1. The summed E-state index contributed by atoms with van der Waals surface area (Å²) in [6.07, 6.45) is 3.03. The SMILES string of the molecule is CCn1c(=O)[nH]c2cncnc21. The summed E-state index contributed by atoms with van der Waals surface area (Å²) in [6.45, 7) is 2.52. The van der Waals surface area contributed by atoms with Gasteiger partial charge in [0.15, 0.2) is 5.65 Å². The molecule has 0 aliphatic heterocycles. The molecule has 2 rings (SSSR count). The second-order valence-electron chi connectivity index (χ2n) is 2.43. The van der Waals surface area contributed by atoms with Crippen LogP contribution in [0, 0.1) is 0 Å². The van der Waals surface area contributed by atoms with E-state index in [4.69, 9.17) is 0 Å². The van der Waals surface area contributed by atoms with Crippen molar-refractivity contribution in [1.29, 1.82) is 0 Å². The van der Waals surface area contributed by atoms with Gasteiger partial charge in [-0.3, -0.25) is 4.57 Å². The van der Waals surface area contributed by atoms with Crippen molar-refractivity contribution in [2.24, 2.45) is 0 Å². The molecular weight excluding hydrogens is 156 g/mol. The molecule has 0 saturated carbocycles. The van der Waals surface area contributed by atoms with Crippen LogP contribution in [0.25, 0.3) is 11.2 Å². The van der Waals surface area contributed by atoms with Crippen molar-refractivity contribution in [2.75, 3.05) is 0 Å². The lowest BCUT2D eigenvalue weighted by atomic mass is 10.5. The van der Waals surface area contributed by atoms with Crippen LogP contribution in [0.4, 0.5) is 0 Å². The van der Waals surface area contributed by atoms with Gasteiger partial charge in [-0.1, -0.05) is 0 Å². The molecule has 5 heteroatoms. The monoisotopic (exact) mass is 164 g/mol. The maximum absolute atomic E-state index is 11.2. The van der Waals surface area contributed by atoms with Gasteiger partial charge in [0.2, 0.25) is 0 Å². The first-order valence-corrected chi connectivity index (χ1v) is 3.71. The summed E-state index contributed by atoms with van der Waals surface area (Å²) in [5.74, 6) is 0. The summed E-state index contributed by atoms with van der Waals surface area (Å²) < 4.78 is 1.57. The van der Waals surface area contributed by atoms with Crippen molar-refractivity contribution in [1.82, 2.24) is 19.5 Å². The van der Waals surface area contributed by atoms with Gasteiger partial charge in [-0.05, 0) is 6.92 Å². The molecule has 0 saturated heterocycles. The molecule has 0 spiro atoms. The minimum absolute atomic E-state index is 0.131. The Balaban J connectivity index is 2.91. The third-order valence-electron chi connectivity index (χ3n) is 1.75. The largest absolute Gasteiger partial charge is 0.327 e. The molecule has 0 fully saturated rings. The highest BCUT2D eigenvalue weighted by atomic mass is 16.1. The number of imidazole rings is 1. The van der Waals surface area contributed by atoms with Crippen molar-refractivity contribution >= 4 is 11.2 Å². The fourth-order valence-corrected chi connectivity index (χ4v) is 1.20. The van der Waals surface area contributed by atoms with Crippen molar-refractivity contribution in [3.05, 3.63) is 23.0 Å². The highest BCUT2D eigenvalue weighted by Crippen LogP contribution is 2.02. The van der Waals surface area contributed by atoms with Crippen LogP contribution < -0.4 is 5.69 Å². The van der Waals surface area contributed by atoms with Crippen LogP contribution in [0.2, 0.25) is 0 Å². The van der Waals surface area contributed by atoms with Gasteiger partial charge in [0.25, 0.3) is 0 Å². The fourth-order valence-electron chi connectivity index (χ4n) is 1.20. The van der Waals surface area contributed by atoms with Crippen LogP contribution in [-0.2, 0) is 6.54 Å². The van der Waals surface area contributed by atoms with Gasteiger partial charge in [0.05, 0.1) is 6.20 Å². The summed E-state index contributed by atoms with van der Waals surface area (Å²) in [6, 6.07) is 0. The Hall–Kier alpha value is -1.65. The number of hydrogen-bond donors (Lipinski definition) is 1. The van der Waals surface area contributed by atoms with E-state index >= 15 is 0 Å². The molecule has 0 aliphatic carbocycles. The fraction of sp³-hybridized carbons (Fsp3) is 0.286. The molecule has 0 aliphatic rings. The van der Waals surface area contributed by atoms with Crippen LogP contribution in [0.5, 0.6) is 0 Å². The minimum atomic E-state index is -0.131. The van der Waals surface area contributed by atoms with Crippen LogP contribution in [0.15, 0.2) is 17.3 Å². The average molecular weight is 164 g/mol. The Morgan fingerprint density at radius 3 is 3.25 bits per heavy atom. The standard InChI is InChI=1S/C7H8N4O/c1-2-11-6-5(10-7(11)12)3-8-4-9-6/h3-4H,2H2,1H3,(H,10,12). The Labute approximate surface area is 68.1 Å². The van der Waals surface area contributed by atoms with Crippen LogP contribution in [0.1, 0.15) is 6.92 Å². The Bertz CT molecular complexity index is 456. The van der Waals surface area contributed by atoms with E-state index in [-0.39, 0.29) is 5.69 Å². The molecule has 62 valence electrons. The molecule has 0 radical (unpaired) electrons. The summed E-state index contributed by atoms with van der Waals surface area (Å²) >= 11 is 0. The van der Waals surface area contributed by atoms with Crippen LogP contribution in [0.3, 0.4) is 0 Å².